The minimum atomic E-state index is -1.15. The van der Waals surface area contributed by atoms with Crippen LogP contribution in [0.5, 0.6) is 0 Å². The van der Waals surface area contributed by atoms with Gasteiger partial charge in [-0.05, 0) is 27.1 Å². The van der Waals surface area contributed by atoms with Gasteiger partial charge in [0, 0.05) is 6.54 Å². The molecule has 1 unspecified atom stereocenters. The number of nitrogens with one attached hydrogen (secondary N) is 1. The number of hydrogen-bond donors (Lipinski definition) is 3. The zero-order valence-electron chi connectivity index (χ0n) is 9.19. The fraction of sp³-hybridized carbons (Fsp3) is 0.778. The summed E-state index contributed by atoms with van der Waals surface area (Å²) in [6, 6.07) is -1.11. The van der Waals surface area contributed by atoms with Crippen molar-refractivity contribution in [1.29, 1.82) is 0 Å². The molecule has 6 nitrogen and oxygen atoms in total. The molecule has 0 saturated carbocycles. The Bertz CT molecular complexity index is 219. The monoisotopic (exact) mass is 217 g/mol. The summed E-state index contributed by atoms with van der Waals surface area (Å²) in [5.41, 5.74) is 5.20. The highest BCUT2D eigenvalue weighted by atomic mass is 16.4. The molecule has 1 atom stereocenters. The Morgan fingerprint density at radius 1 is 1.47 bits per heavy atom. The highest BCUT2D eigenvalue weighted by molar-refractivity contribution is 5.84. The Kier molecular flexibility index (Phi) is 6.64. The number of carboxylic acid groups (broad SMARTS) is 1. The van der Waals surface area contributed by atoms with Crippen LogP contribution in [0.15, 0.2) is 0 Å². The van der Waals surface area contributed by atoms with Crippen LogP contribution < -0.4 is 11.1 Å². The van der Waals surface area contributed by atoms with Crippen LogP contribution in [0.4, 0.5) is 0 Å². The molecule has 0 radical (unpaired) electrons. The van der Waals surface area contributed by atoms with Crippen LogP contribution in [-0.4, -0.2) is 55.1 Å². The van der Waals surface area contributed by atoms with Gasteiger partial charge in [-0.1, -0.05) is 0 Å². The normalized spacial score (nSPS) is 12.5. The number of amides is 1. The molecule has 0 rings (SSSR count). The van der Waals surface area contributed by atoms with Gasteiger partial charge in [0.2, 0.25) is 5.91 Å². The molecule has 0 aliphatic rings. The second-order valence-corrected chi connectivity index (χ2v) is 3.66. The predicted molar refractivity (Wildman–Crippen MR) is 56.4 cm³/mol. The highest BCUT2D eigenvalue weighted by Crippen LogP contribution is 1.89. The molecule has 0 bridgehead atoms. The SMILES string of the molecule is CN(C)CCCNC(=O)CC(N)C(=O)O. The number of nitrogens with zero attached hydrogens (tertiary/aromatic N) is 1. The zero-order chi connectivity index (χ0) is 11.8. The summed E-state index contributed by atoms with van der Waals surface area (Å²) in [4.78, 5) is 23.5. The van der Waals surface area contributed by atoms with Gasteiger partial charge in [-0.25, -0.2) is 0 Å². The van der Waals surface area contributed by atoms with Gasteiger partial charge in [0.15, 0.2) is 0 Å². The van der Waals surface area contributed by atoms with Crippen LogP contribution in [0.1, 0.15) is 12.8 Å². The van der Waals surface area contributed by atoms with Gasteiger partial charge in [0.05, 0.1) is 6.42 Å². The lowest BCUT2D eigenvalue weighted by molar-refractivity contribution is -0.140. The second kappa shape index (κ2) is 7.19. The summed E-state index contributed by atoms with van der Waals surface area (Å²) < 4.78 is 0. The first-order valence-corrected chi connectivity index (χ1v) is 4.83. The van der Waals surface area contributed by atoms with E-state index in [4.69, 9.17) is 10.8 Å². The maximum atomic E-state index is 11.1. The highest BCUT2D eigenvalue weighted by Gasteiger charge is 2.15. The first kappa shape index (κ1) is 13.9. The maximum absolute atomic E-state index is 11.1. The molecule has 15 heavy (non-hydrogen) atoms. The van der Waals surface area contributed by atoms with E-state index in [0.717, 1.165) is 13.0 Å². The van der Waals surface area contributed by atoms with Crippen LogP contribution in [0.25, 0.3) is 0 Å². The van der Waals surface area contributed by atoms with E-state index in [1.54, 1.807) is 0 Å². The first-order valence-electron chi connectivity index (χ1n) is 4.83. The molecule has 4 N–H and O–H groups in total. The van der Waals surface area contributed by atoms with Crippen LogP contribution in [0.3, 0.4) is 0 Å². The van der Waals surface area contributed by atoms with Crippen LogP contribution in [0, 0.1) is 0 Å². The summed E-state index contributed by atoms with van der Waals surface area (Å²) in [7, 11) is 3.89. The van der Waals surface area contributed by atoms with E-state index in [2.05, 4.69) is 5.32 Å². The van der Waals surface area contributed by atoms with Crippen molar-refractivity contribution in [1.82, 2.24) is 10.2 Å². The number of aliphatic carboxylic acids is 1. The summed E-state index contributed by atoms with van der Waals surface area (Å²) in [5.74, 6) is -1.47. The minimum absolute atomic E-state index is 0.169. The van der Waals surface area contributed by atoms with Crippen molar-refractivity contribution < 1.29 is 14.7 Å². The third-order valence-electron chi connectivity index (χ3n) is 1.83. The first-order chi connectivity index (χ1) is 6.93. The standard InChI is InChI=1S/C9H19N3O3/c1-12(2)5-3-4-11-8(13)6-7(10)9(14)15/h7H,3-6,10H2,1-2H3,(H,11,13)(H,14,15). The van der Waals surface area contributed by atoms with Crippen LogP contribution in [0.2, 0.25) is 0 Å². The van der Waals surface area contributed by atoms with Gasteiger partial charge in [0.1, 0.15) is 6.04 Å². The molecule has 0 aliphatic heterocycles. The number of carbonyl (C=O) groups excluding carboxylic acids is 1. The van der Waals surface area contributed by atoms with Crippen molar-refractivity contribution in [2.75, 3.05) is 27.2 Å². The lowest BCUT2D eigenvalue weighted by Gasteiger charge is -2.10. The fourth-order valence-corrected chi connectivity index (χ4v) is 0.982. The van der Waals surface area contributed by atoms with Crippen molar-refractivity contribution in [3.63, 3.8) is 0 Å². The Morgan fingerprint density at radius 2 is 2.07 bits per heavy atom. The molecule has 0 spiro atoms. The fourth-order valence-electron chi connectivity index (χ4n) is 0.982. The van der Waals surface area contributed by atoms with E-state index in [9.17, 15) is 9.59 Å². The van der Waals surface area contributed by atoms with Crippen LogP contribution in [-0.2, 0) is 9.59 Å². The summed E-state index contributed by atoms with van der Waals surface area (Å²) in [5, 5.41) is 11.1. The summed E-state index contributed by atoms with van der Waals surface area (Å²) >= 11 is 0. The molecular formula is C9H19N3O3. The van der Waals surface area contributed by atoms with Gasteiger partial charge >= 0.3 is 5.97 Å². The van der Waals surface area contributed by atoms with E-state index in [1.807, 2.05) is 19.0 Å². The molecule has 0 aliphatic carbocycles. The lowest BCUT2D eigenvalue weighted by Crippen LogP contribution is -2.37. The average molecular weight is 217 g/mol. The van der Waals surface area contributed by atoms with E-state index >= 15 is 0 Å². The molecule has 0 aromatic rings. The molecule has 0 fully saturated rings. The van der Waals surface area contributed by atoms with Crippen LogP contribution >= 0.6 is 0 Å². The van der Waals surface area contributed by atoms with E-state index in [0.29, 0.717) is 6.54 Å². The number of carboxylic acids is 1. The van der Waals surface area contributed by atoms with Crippen molar-refractivity contribution in [2.24, 2.45) is 5.73 Å². The smallest absolute Gasteiger partial charge is 0.321 e. The van der Waals surface area contributed by atoms with E-state index < -0.39 is 12.0 Å². The van der Waals surface area contributed by atoms with Gasteiger partial charge in [-0.2, -0.15) is 0 Å². The van der Waals surface area contributed by atoms with E-state index in [1.165, 1.54) is 0 Å². The second-order valence-electron chi connectivity index (χ2n) is 3.66. The molecule has 1 amide bonds. The van der Waals surface area contributed by atoms with Crippen molar-refractivity contribution in [2.45, 2.75) is 18.9 Å². The summed E-state index contributed by atoms with van der Waals surface area (Å²) in [6.45, 7) is 1.43. The number of hydrogen-bond acceptors (Lipinski definition) is 4. The Balaban J connectivity index is 3.54. The topological polar surface area (TPSA) is 95.7 Å². The third kappa shape index (κ3) is 7.90. The number of nitrogens with two attached hydrogens (primary N) is 1. The largest absolute Gasteiger partial charge is 0.480 e. The molecule has 88 valence electrons. The number of carbonyl (C=O) groups is 2. The Labute approximate surface area is 89.4 Å². The number of rotatable bonds is 7. The maximum Gasteiger partial charge on any atom is 0.321 e. The molecule has 0 aromatic heterocycles. The van der Waals surface area contributed by atoms with Crippen molar-refractivity contribution in [3.05, 3.63) is 0 Å². The van der Waals surface area contributed by atoms with Gasteiger partial charge < -0.3 is 21.1 Å². The Hall–Kier alpha value is -1.14. The summed E-state index contributed by atoms with van der Waals surface area (Å²) in [6.07, 6.45) is 0.665. The van der Waals surface area contributed by atoms with Gasteiger partial charge in [-0.3, -0.25) is 9.59 Å². The third-order valence-corrected chi connectivity index (χ3v) is 1.83. The molecule has 0 aromatic carbocycles. The van der Waals surface area contributed by atoms with Crippen molar-refractivity contribution in [3.8, 4) is 0 Å². The predicted octanol–water partition coefficient (Wildman–Crippen LogP) is -1.14. The lowest BCUT2D eigenvalue weighted by atomic mass is 10.2. The van der Waals surface area contributed by atoms with Crippen molar-refractivity contribution >= 4 is 11.9 Å². The van der Waals surface area contributed by atoms with Gasteiger partial charge in [-0.15, -0.1) is 0 Å². The van der Waals surface area contributed by atoms with E-state index in [-0.39, 0.29) is 12.3 Å². The molecule has 6 heteroatoms. The zero-order valence-corrected chi connectivity index (χ0v) is 9.19. The average Bonchev–Trinajstić information content (AvgIpc) is 2.12. The Morgan fingerprint density at radius 3 is 2.53 bits per heavy atom. The quantitative estimate of drug-likeness (QED) is 0.468. The molecular weight excluding hydrogens is 198 g/mol. The molecule has 0 heterocycles. The van der Waals surface area contributed by atoms with Gasteiger partial charge in [0.25, 0.3) is 0 Å². The minimum Gasteiger partial charge on any atom is -0.480 e. The molecule has 0 saturated heterocycles.